The summed E-state index contributed by atoms with van der Waals surface area (Å²) in [5.74, 6) is 0.763. The number of amides is 1. The summed E-state index contributed by atoms with van der Waals surface area (Å²) in [6, 6.07) is 16.9. The zero-order valence-electron chi connectivity index (χ0n) is 15.3. The molecule has 2 unspecified atom stereocenters. The smallest absolute Gasteiger partial charge is 0.240 e. The third kappa shape index (κ3) is 3.86. The van der Waals surface area contributed by atoms with Crippen LogP contribution in [-0.2, 0) is 11.2 Å². The first-order chi connectivity index (χ1) is 13.7. The molecule has 1 aromatic heterocycles. The number of carbonyl (C=O) groups is 1. The SMILES string of the molecule is CCCc1nnc2n1NC(c1ccccc1)C(C(=O)Nc1cccc(Cl)c1)S2. The van der Waals surface area contributed by atoms with Crippen LogP contribution in [0.3, 0.4) is 0 Å². The second-order valence-corrected chi connectivity index (χ2v) is 8.08. The first-order valence-electron chi connectivity index (χ1n) is 9.14. The predicted molar refractivity (Wildman–Crippen MR) is 112 cm³/mol. The van der Waals surface area contributed by atoms with E-state index in [2.05, 4.69) is 27.9 Å². The summed E-state index contributed by atoms with van der Waals surface area (Å²) in [6.07, 6.45) is 1.79. The van der Waals surface area contributed by atoms with Crippen LogP contribution in [-0.4, -0.2) is 26.0 Å². The lowest BCUT2D eigenvalue weighted by Crippen LogP contribution is -2.41. The Balaban J connectivity index is 1.65. The Hall–Kier alpha value is -2.51. The molecule has 0 aliphatic carbocycles. The number of nitrogens with zero attached hydrogens (tertiary/aromatic N) is 3. The number of anilines is 1. The first-order valence-corrected chi connectivity index (χ1v) is 10.4. The van der Waals surface area contributed by atoms with Gasteiger partial charge in [0.15, 0.2) is 5.82 Å². The van der Waals surface area contributed by atoms with Crippen molar-refractivity contribution < 1.29 is 4.79 Å². The maximum atomic E-state index is 13.1. The van der Waals surface area contributed by atoms with E-state index in [0.717, 1.165) is 24.2 Å². The van der Waals surface area contributed by atoms with Gasteiger partial charge in [-0.1, -0.05) is 66.7 Å². The number of aromatic nitrogens is 3. The van der Waals surface area contributed by atoms with Gasteiger partial charge in [-0.15, -0.1) is 10.2 Å². The number of halogens is 1. The number of fused-ring (bicyclic) bond motifs is 1. The van der Waals surface area contributed by atoms with Crippen molar-refractivity contribution in [2.75, 3.05) is 10.7 Å². The van der Waals surface area contributed by atoms with Crippen LogP contribution in [0.15, 0.2) is 59.8 Å². The van der Waals surface area contributed by atoms with Gasteiger partial charge in [0.2, 0.25) is 11.1 Å². The van der Waals surface area contributed by atoms with E-state index in [0.29, 0.717) is 15.9 Å². The minimum absolute atomic E-state index is 0.111. The Morgan fingerprint density at radius 1 is 1.21 bits per heavy atom. The molecule has 1 aliphatic heterocycles. The third-order valence-corrected chi connectivity index (χ3v) is 5.94. The summed E-state index contributed by atoms with van der Waals surface area (Å²) in [5.41, 5.74) is 5.16. The fourth-order valence-electron chi connectivity index (χ4n) is 3.17. The van der Waals surface area contributed by atoms with Crippen LogP contribution < -0.4 is 10.7 Å². The number of nitrogens with one attached hydrogen (secondary N) is 2. The fraction of sp³-hybridized carbons (Fsp3) is 0.250. The molecule has 1 aliphatic rings. The Bertz CT molecular complexity index is 978. The summed E-state index contributed by atoms with van der Waals surface area (Å²) in [7, 11) is 0. The van der Waals surface area contributed by atoms with Crippen molar-refractivity contribution in [3.63, 3.8) is 0 Å². The van der Waals surface area contributed by atoms with E-state index < -0.39 is 5.25 Å². The van der Waals surface area contributed by atoms with Crippen molar-refractivity contribution in [1.29, 1.82) is 0 Å². The van der Waals surface area contributed by atoms with E-state index in [9.17, 15) is 4.79 Å². The summed E-state index contributed by atoms with van der Waals surface area (Å²) < 4.78 is 1.91. The number of aryl methyl sites for hydroxylation is 1. The van der Waals surface area contributed by atoms with Crippen molar-refractivity contribution in [2.24, 2.45) is 0 Å². The van der Waals surface area contributed by atoms with Crippen molar-refractivity contribution in [3.8, 4) is 0 Å². The molecule has 0 radical (unpaired) electrons. The van der Waals surface area contributed by atoms with Gasteiger partial charge in [-0.2, -0.15) is 0 Å². The molecule has 2 aromatic carbocycles. The molecule has 0 saturated heterocycles. The Morgan fingerprint density at radius 2 is 2.04 bits per heavy atom. The number of hydrogen-bond acceptors (Lipinski definition) is 5. The minimum atomic E-state index is -0.410. The Labute approximate surface area is 172 Å². The monoisotopic (exact) mass is 413 g/mol. The van der Waals surface area contributed by atoms with Gasteiger partial charge < -0.3 is 10.7 Å². The number of hydrogen-bond donors (Lipinski definition) is 2. The molecule has 0 saturated carbocycles. The molecule has 3 aromatic rings. The maximum absolute atomic E-state index is 13.1. The summed E-state index contributed by atoms with van der Waals surface area (Å²) in [4.78, 5) is 13.1. The van der Waals surface area contributed by atoms with E-state index in [1.54, 1.807) is 12.1 Å². The van der Waals surface area contributed by atoms with Gasteiger partial charge in [-0.05, 0) is 30.2 Å². The quantitative estimate of drug-likeness (QED) is 0.653. The summed E-state index contributed by atoms with van der Waals surface area (Å²) in [6.45, 7) is 2.10. The van der Waals surface area contributed by atoms with E-state index in [4.69, 9.17) is 11.6 Å². The van der Waals surface area contributed by atoms with Crippen molar-refractivity contribution in [1.82, 2.24) is 14.9 Å². The molecular formula is C20H20ClN5OS. The summed E-state index contributed by atoms with van der Waals surface area (Å²) >= 11 is 7.47. The molecule has 6 nitrogen and oxygen atoms in total. The number of thioether (sulfide) groups is 1. The van der Waals surface area contributed by atoms with Crippen molar-refractivity contribution in [2.45, 2.75) is 36.2 Å². The van der Waals surface area contributed by atoms with Crippen LogP contribution >= 0.6 is 23.4 Å². The number of rotatable bonds is 5. The largest absolute Gasteiger partial charge is 0.325 e. The molecule has 0 fully saturated rings. The molecule has 0 bridgehead atoms. The zero-order chi connectivity index (χ0) is 19.5. The fourth-order valence-corrected chi connectivity index (χ4v) is 4.46. The van der Waals surface area contributed by atoms with Crippen LogP contribution in [0, 0.1) is 0 Å². The van der Waals surface area contributed by atoms with Crippen LogP contribution in [0.4, 0.5) is 5.69 Å². The number of benzene rings is 2. The van der Waals surface area contributed by atoms with Gasteiger partial charge in [0.25, 0.3) is 0 Å². The van der Waals surface area contributed by atoms with E-state index >= 15 is 0 Å². The highest BCUT2D eigenvalue weighted by Crippen LogP contribution is 2.37. The molecule has 28 heavy (non-hydrogen) atoms. The normalized spacial score (nSPS) is 18.2. The number of carbonyl (C=O) groups excluding carboxylic acids is 1. The van der Waals surface area contributed by atoms with Crippen molar-refractivity contribution in [3.05, 3.63) is 71.0 Å². The lowest BCUT2D eigenvalue weighted by Gasteiger charge is -2.33. The second kappa shape index (κ2) is 8.24. The zero-order valence-corrected chi connectivity index (χ0v) is 16.9. The minimum Gasteiger partial charge on any atom is -0.325 e. The van der Waals surface area contributed by atoms with E-state index in [-0.39, 0.29) is 11.9 Å². The highest BCUT2D eigenvalue weighted by Gasteiger charge is 2.37. The van der Waals surface area contributed by atoms with Crippen LogP contribution in [0.25, 0.3) is 0 Å². The van der Waals surface area contributed by atoms with E-state index in [1.807, 2.05) is 47.1 Å². The molecule has 0 spiro atoms. The molecule has 2 heterocycles. The molecule has 2 N–H and O–H groups in total. The van der Waals surface area contributed by atoms with Crippen LogP contribution in [0.1, 0.15) is 30.8 Å². The molecular weight excluding hydrogens is 394 g/mol. The molecule has 2 atom stereocenters. The maximum Gasteiger partial charge on any atom is 0.240 e. The predicted octanol–water partition coefficient (Wildman–Crippen LogP) is 4.28. The highest BCUT2D eigenvalue weighted by molar-refractivity contribution is 8.00. The second-order valence-electron chi connectivity index (χ2n) is 6.54. The van der Waals surface area contributed by atoms with Gasteiger partial charge in [0.1, 0.15) is 5.25 Å². The van der Waals surface area contributed by atoms with E-state index in [1.165, 1.54) is 11.8 Å². The molecule has 1 amide bonds. The van der Waals surface area contributed by atoms with Gasteiger partial charge in [0, 0.05) is 17.1 Å². The third-order valence-electron chi connectivity index (χ3n) is 4.49. The highest BCUT2D eigenvalue weighted by atomic mass is 35.5. The van der Waals surface area contributed by atoms with Crippen LogP contribution in [0.2, 0.25) is 5.02 Å². The van der Waals surface area contributed by atoms with Gasteiger partial charge in [0.05, 0.1) is 6.04 Å². The lowest BCUT2D eigenvalue weighted by molar-refractivity contribution is -0.116. The Morgan fingerprint density at radius 3 is 2.79 bits per heavy atom. The summed E-state index contributed by atoms with van der Waals surface area (Å²) in [5, 5.41) is 12.4. The van der Waals surface area contributed by atoms with Gasteiger partial charge >= 0.3 is 0 Å². The topological polar surface area (TPSA) is 71.8 Å². The van der Waals surface area contributed by atoms with Gasteiger partial charge in [-0.3, -0.25) is 4.79 Å². The lowest BCUT2D eigenvalue weighted by atomic mass is 10.0. The van der Waals surface area contributed by atoms with Crippen LogP contribution in [0.5, 0.6) is 0 Å². The van der Waals surface area contributed by atoms with Gasteiger partial charge in [-0.25, -0.2) is 4.68 Å². The van der Waals surface area contributed by atoms with Crippen molar-refractivity contribution >= 4 is 35.0 Å². The average molecular weight is 414 g/mol. The first kappa shape index (κ1) is 18.8. The molecule has 4 rings (SSSR count). The average Bonchev–Trinajstić information content (AvgIpc) is 3.10. The Kier molecular flexibility index (Phi) is 5.54. The molecule has 8 heteroatoms. The standard InChI is InChI=1S/C20H20ClN5OS/c1-2-7-16-23-24-20-26(16)25-17(13-8-4-3-5-9-13)18(28-20)19(27)22-15-11-6-10-14(21)12-15/h3-6,8-12,17-18,25H,2,7H2,1H3,(H,22,27). The molecule has 144 valence electrons.